The SMILES string of the molecule is CC(C)=CCNCC1CCCc2ccccc21. The molecule has 0 saturated heterocycles. The molecular formula is C16H23N. The number of aryl methyl sites for hydroxylation is 1. The van der Waals surface area contributed by atoms with Crippen molar-refractivity contribution in [1.29, 1.82) is 0 Å². The van der Waals surface area contributed by atoms with Gasteiger partial charge in [0.15, 0.2) is 0 Å². The largest absolute Gasteiger partial charge is 0.313 e. The first kappa shape index (κ1) is 12.4. The Kier molecular flexibility index (Phi) is 4.38. The number of fused-ring (bicyclic) bond motifs is 1. The van der Waals surface area contributed by atoms with Gasteiger partial charge in [0.25, 0.3) is 0 Å². The maximum absolute atomic E-state index is 3.55. The monoisotopic (exact) mass is 229 g/mol. The van der Waals surface area contributed by atoms with E-state index in [1.54, 1.807) is 11.1 Å². The van der Waals surface area contributed by atoms with Crippen LogP contribution in [0.2, 0.25) is 0 Å². The fourth-order valence-electron chi connectivity index (χ4n) is 2.60. The van der Waals surface area contributed by atoms with Crippen molar-refractivity contribution >= 4 is 0 Å². The number of hydrogen-bond donors (Lipinski definition) is 1. The summed E-state index contributed by atoms with van der Waals surface area (Å²) in [7, 11) is 0. The van der Waals surface area contributed by atoms with Crippen LogP contribution in [0.3, 0.4) is 0 Å². The lowest BCUT2D eigenvalue weighted by atomic mass is 9.83. The molecular weight excluding hydrogens is 206 g/mol. The van der Waals surface area contributed by atoms with E-state index in [1.165, 1.54) is 24.8 Å². The Morgan fingerprint density at radius 2 is 2.18 bits per heavy atom. The lowest BCUT2D eigenvalue weighted by Crippen LogP contribution is -2.24. The van der Waals surface area contributed by atoms with Gasteiger partial charge in [-0.2, -0.15) is 0 Å². The first-order valence-electron chi connectivity index (χ1n) is 6.69. The number of hydrogen-bond acceptors (Lipinski definition) is 1. The van der Waals surface area contributed by atoms with Crippen molar-refractivity contribution in [3.05, 3.63) is 47.0 Å². The highest BCUT2D eigenvalue weighted by molar-refractivity contribution is 5.32. The molecule has 0 bridgehead atoms. The van der Waals surface area contributed by atoms with Gasteiger partial charge in [-0.1, -0.05) is 35.9 Å². The van der Waals surface area contributed by atoms with Gasteiger partial charge in [-0.25, -0.2) is 0 Å². The third-order valence-electron chi connectivity index (χ3n) is 3.54. The van der Waals surface area contributed by atoms with Crippen molar-refractivity contribution in [1.82, 2.24) is 5.32 Å². The fraction of sp³-hybridized carbons (Fsp3) is 0.500. The Hall–Kier alpha value is -1.08. The topological polar surface area (TPSA) is 12.0 Å². The lowest BCUT2D eigenvalue weighted by Gasteiger charge is -2.25. The molecule has 1 aromatic rings. The molecule has 0 heterocycles. The van der Waals surface area contributed by atoms with Crippen LogP contribution in [0.1, 0.15) is 43.7 Å². The molecule has 0 aliphatic heterocycles. The second-order valence-electron chi connectivity index (χ2n) is 5.23. The highest BCUT2D eigenvalue weighted by Gasteiger charge is 2.18. The smallest absolute Gasteiger partial charge is 0.0137 e. The summed E-state index contributed by atoms with van der Waals surface area (Å²) in [5, 5.41) is 3.55. The average molecular weight is 229 g/mol. The number of rotatable bonds is 4. The van der Waals surface area contributed by atoms with Crippen LogP contribution < -0.4 is 5.32 Å². The minimum absolute atomic E-state index is 0.713. The molecule has 17 heavy (non-hydrogen) atoms. The first-order chi connectivity index (χ1) is 8.27. The van der Waals surface area contributed by atoms with Crippen LogP contribution in [0.25, 0.3) is 0 Å². The Morgan fingerprint density at radius 1 is 1.35 bits per heavy atom. The summed E-state index contributed by atoms with van der Waals surface area (Å²) in [6.45, 7) is 6.41. The maximum atomic E-state index is 3.55. The Balaban J connectivity index is 1.92. The van der Waals surface area contributed by atoms with Crippen molar-refractivity contribution in [2.24, 2.45) is 0 Å². The van der Waals surface area contributed by atoms with E-state index in [1.807, 2.05) is 0 Å². The van der Waals surface area contributed by atoms with E-state index >= 15 is 0 Å². The summed E-state index contributed by atoms with van der Waals surface area (Å²) in [4.78, 5) is 0. The lowest BCUT2D eigenvalue weighted by molar-refractivity contribution is 0.520. The van der Waals surface area contributed by atoms with Gasteiger partial charge >= 0.3 is 0 Å². The molecule has 1 nitrogen and oxygen atoms in total. The molecule has 0 fully saturated rings. The fourth-order valence-corrected chi connectivity index (χ4v) is 2.60. The van der Waals surface area contributed by atoms with Crippen molar-refractivity contribution in [3.63, 3.8) is 0 Å². The molecule has 0 saturated carbocycles. The van der Waals surface area contributed by atoms with Crippen molar-refractivity contribution in [2.75, 3.05) is 13.1 Å². The van der Waals surface area contributed by atoms with Crippen LogP contribution in [0.5, 0.6) is 0 Å². The number of allylic oxidation sites excluding steroid dienone is 1. The summed E-state index contributed by atoms with van der Waals surface area (Å²) < 4.78 is 0. The van der Waals surface area contributed by atoms with E-state index < -0.39 is 0 Å². The predicted molar refractivity (Wildman–Crippen MR) is 74.4 cm³/mol. The van der Waals surface area contributed by atoms with Crippen molar-refractivity contribution < 1.29 is 0 Å². The molecule has 1 N–H and O–H groups in total. The van der Waals surface area contributed by atoms with Gasteiger partial charge in [0.1, 0.15) is 0 Å². The van der Waals surface area contributed by atoms with Gasteiger partial charge in [0.2, 0.25) is 0 Å². The summed E-state index contributed by atoms with van der Waals surface area (Å²) in [6.07, 6.45) is 6.19. The average Bonchev–Trinajstić information content (AvgIpc) is 2.34. The second-order valence-corrected chi connectivity index (χ2v) is 5.23. The Bertz CT molecular complexity index is 388. The van der Waals surface area contributed by atoms with Gasteiger partial charge in [-0.05, 0) is 50.2 Å². The summed E-state index contributed by atoms with van der Waals surface area (Å²) in [5.41, 5.74) is 4.53. The van der Waals surface area contributed by atoms with Gasteiger partial charge in [0, 0.05) is 13.1 Å². The molecule has 0 aromatic heterocycles. The first-order valence-corrected chi connectivity index (χ1v) is 6.69. The van der Waals surface area contributed by atoms with Crippen LogP contribution in [0, 0.1) is 0 Å². The van der Waals surface area contributed by atoms with E-state index in [9.17, 15) is 0 Å². The van der Waals surface area contributed by atoms with Crippen LogP contribution in [0.15, 0.2) is 35.9 Å². The Labute approximate surface area is 105 Å². The summed E-state index contributed by atoms with van der Waals surface area (Å²) >= 11 is 0. The highest BCUT2D eigenvalue weighted by Crippen LogP contribution is 2.30. The zero-order chi connectivity index (χ0) is 12.1. The molecule has 0 radical (unpaired) electrons. The third-order valence-corrected chi connectivity index (χ3v) is 3.54. The van der Waals surface area contributed by atoms with Gasteiger partial charge < -0.3 is 5.32 Å². The van der Waals surface area contributed by atoms with Gasteiger partial charge in [0.05, 0.1) is 0 Å². The minimum atomic E-state index is 0.713. The standard InChI is InChI=1S/C16H23N/c1-13(2)10-11-17-12-15-8-5-7-14-6-3-4-9-16(14)15/h3-4,6,9-10,15,17H,5,7-8,11-12H2,1-2H3. The summed E-state index contributed by atoms with van der Waals surface area (Å²) in [5.74, 6) is 0.713. The molecule has 2 rings (SSSR count). The predicted octanol–water partition coefficient (Wildman–Crippen LogP) is 3.66. The second kappa shape index (κ2) is 6.02. The van der Waals surface area contributed by atoms with E-state index in [-0.39, 0.29) is 0 Å². The van der Waals surface area contributed by atoms with E-state index in [0.717, 1.165) is 13.1 Å². The molecule has 1 atom stereocenters. The zero-order valence-corrected chi connectivity index (χ0v) is 11.0. The molecule has 1 heteroatoms. The van der Waals surface area contributed by atoms with Crippen LogP contribution in [-0.2, 0) is 6.42 Å². The molecule has 0 spiro atoms. The van der Waals surface area contributed by atoms with Crippen molar-refractivity contribution in [3.8, 4) is 0 Å². The van der Waals surface area contributed by atoms with Crippen LogP contribution in [0.4, 0.5) is 0 Å². The minimum Gasteiger partial charge on any atom is -0.313 e. The van der Waals surface area contributed by atoms with E-state index in [2.05, 4.69) is 49.5 Å². The van der Waals surface area contributed by atoms with Gasteiger partial charge in [-0.15, -0.1) is 0 Å². The molecule has 1 unspecified atom stereocenters. The van der Waals surface area contributed by atoms with E-state index in [4.69, 9.17) is 0 Å². The molecule has 1 aliphatic carbocycles. The van der Waals surface area contributed by atoms with E-state index in [0.29, 0.717) is 5.92 Å². The van der Waals surface area contributed by atoms with Gasteiger partial charge in [-0.3, -0.25) is 0 Å². The maximum Gasteiger partial charge on any atom is 0.0137 e. The van der Waals surface area contributed by atoms with Crippen molar-refractivity contribution in [2.45, 2.75) is 39.0 Å². The molecule has 0 amide bonds. The quantitative estimate of drug-likeness (QED) is 0.613. The highest BCUT2D eigenvalue weighted by atomic mass is 14.8. The summed E-state index contributed by atoms with van der Waals surface area (Å²) in [6, 6.07) is 8.93. The number of benzene rings is 1. The Morgan fingerprint density at radius 3 is 3.00 bits per heavy atom. The molecule has 1 aromatic carbocycles. The number of nitrogens with one attached hydrogen (secondary N) is 1. The zero-order valence-electron chi connectivity index (χ0n) is 11.0. The van der Waals surface area contributed by atoms with Crippen LogP contribution in [-0.4, -0.2) is 13.1 Å². The molecule has 92 valence electrons. The normalized spacial score (nSPS) is 18.6. The molecule has 1 aliphatic rings. The third kappa shape index (κ3) is 3.44. The van der Waals surface area contributed by atoms with Crippen LogP contribution >= 0.6 is 0 Å².